The van der Waals surface area contributed by atoms with Gasteiger partial charge in [0.05, 0.1) is 28.3 Å². The number of aromatic nitrogens is 4. The Kier molecular flexibility index (Phi) is 17.5. The summed E-state index contributed by atoms with van der Waals surface area (Å²) in [5, 5.41) is 28.4. The number of ether oxygens (including phenoxy) is 4. The average Bonchev–Trinajstić information content (AvgIpc) is 4.01. The maximum absolute atomic E-state index is 14.2. The van der Waals surface area contributed by atoms with Crippen LogP contribution < -0.4 is 5.73 Å². The van der Waals surface area contributed by atoms with Crippen molar-refractivity contribution in [2.75, 3.05) is 31.3 Å². The summed E-state index contributed by atoms with van der Waals surface area (Å²) in [6.07, 6.45) is 6.41. The highest BCUT2D eigenvalue weighted by molar-refractivity contribution is 8.01. The molecule has 3 saturated carbocycles. The molecule has 0 saturated heterocycles. The minimum absolute atomic E-state index is 0.00309. The number of nitrogens with one attached hydrogen (secondary N) is 2. The summed E-state index contributed by atoms with van der Waals surface area (Å²) in [4.78, 5) is 54.8. The number of carbonyl (C=O) groups is 4. The van der Waals surface area contributed by atoms with Gasteiger partial charge in [-0.25, -0.2) is 5.53 Å². The second-order valence-electron chi connectivity index (χ2n) is 19.2. The Morgan fingerprint density at radius 3 is 2.16 bits per heavy atom. The fraction of sp³-hybridized carbons (Fsp3) is 0.805. The predicted octanol–water partition coefficient (Wildman–Crippen LogP) is 9.45. The van der Waals surface area contributed by atoms with Gasteiger partial charge in [0, 0.05) is 12.4 Å². The Hall–Kier alpha value is -3.07. The van der Waals surface area contributed by atoms with Crippen LogP contribution in [0.2, 0.25) is 0 Å². The Morgan fingerprint density at radius 1 is 0.902 bits per heavy atom. The SMILES string of the molecule is CCC(C)(CC(C)(CC(C)(CC(C)(C)C(=O)OC1CC2CC1C1CCCC21)C(=O)OCCOCCCSc1nnc(N)s1)C(=O)O)C(=O)OC(C)(C)C.N=Nc1n[nH]c(=S)s1. The first-order chi connectivity index (χ1) is 28.4. The van der Waals surface area contributed by atoms with E-state index in [1.54, 1.807) is 55.4 Å². The van der Waals surface area contributed by atoms with Gasteiger partial charge in [0.25, 0.3) is 0 Å². The summed E-state index contributed by atoms with van der Waals surface area (Å²) in [5.74, 6) is 0.492. The van der Waals surface area contributed by atoms with Crippen molar-refractivity contribution >= 4 is 80.8 Å². The van der Waals surface area contributed by atoms with Gasteiger partial charge in [-0.05, 0) is 149 Å². The third-order valence-corrected chi connectivity index (χ3v) is 15.3. The molecule has 61 heavy (non-hydrogen) atoms. The molecule has 3 aliphatic rings. The number of nitrogens with two attached hydrogens (primary N) is 1. The standard InChI is InChI=1S/C39H63N3O9S2.C2H2N4S2/c1-10-37(7,32(47)51-35(2,3)4)22-38(8,29(43)44)23-39(9,31(46)49-17-16-48-15-12-18-52-34-42-41-33(40)53-34)21-36(5,6)30(45)50-28-20-24-19-27(28)26-14-11-13-25(24)26;3-4-1-5-6-2(7)8-1/h24-28H,10-23H2,1-9H3,(H2,40,41)(H,43,44);3H,(H,6,7). The van der Waals surface area contributed by atoms with Gasteiger partial charge in [0.15, 0.2) is 8.29 Å². The molecule has 2 bridgehead atoms. The third-order valence-electron chi connectivity index (χ3n) is 12.3. The van der Waals surface area contributed by atoms with Crippen molar-refractivity contribution in [2.24, 2.45) is 50.4 Å². The second kappa shape index (κ2) is 21.1. The van der Waals surface area contributed by atoms with Gasteiger partial charge >= 0.3 is 23.9 Å². The number of esters is 3. The third kappa shape index (κ3) is 13.7. The van der Waals surface area contributed by atoms with Crippen LogP contribution in [0.25, 0.3) is 0 Å². The number of nitrogens with zero attached hydrogens (tertiary/aromatic N) is 4. The molecule has 20 heteroatoms. The number of hydrogen-bond donors (Lipinski definition) is 4. The van der Waals surface area contributed by atoms with E-state index in [4.69, 9.17) is 30.2 Å². The lowest BCUT2D eigenvalue weighted by atomic mass is 9.61. The lowest BCUT2D eigenvalue weighted by molar-refractivity contribution is -0.175. The number of carbonyl (C=O) groups excluding carboxylic acids is 3. The molecule has 0 aromatic carbocycles. The fourth-order valence-electron chi connectivity index (χ4n) is 9.71. The highest BCUT2D eigenvalue weighted by Crippen LogP contribution is 2.60. The van der Waals surface area contributed by atoms with Crippen molar-refractivity contribution < 1.29 is 43.2 Å². The molecule has 0 radical (unpaired) electrons. The van der Waals surface area contributed by atoms with Gasteiger partial charge in [0.1, 0.15) is 18.3 Å². The first-order valence-corrected chi connectivity index (χ1v) is 24.0. The molecule has 2 heterocycles. The molecule has 8 atom stereocenters. The number of carboxylic acid groups (broad SMARTS) is 1. The maximum atomic E-state index is 14.2. The summed E-state index contributed by atoms with van der Waals surface area (Å²) in [6, 6.07) is 0. The quantitative estimate of drug-likeness (QED) is 0.0228. The Balaban J connectivity index is 0.000000915. The summed E-state index contributed by atoms with van der Waals surface area (Å²) in [6.45, 7) is 16.2. The van der Waals surface area contributed by atoms with Crippen molar-refractivity contribution in [2.45, 2.75) is 143 Å². The molecule has 2 aromatic heterocycles. The van der Waals surface area contributed by atoms with E-state index in [0.29, 0.717) is 45.0 Å². The number of thioether (sulfide) groups is 1. The molecule has 3 fully saturated rings. The van der Waals surface area contributed by atoms with Crippen LogP contribution in [0.3, 0.4) is 0 Å². The molecule has 342 valence electrons. The van der Waals surface area contributed by atoms with Crippen LogP contribution in [0.15, 0.2) is 9.45 Å². The lowest BCUT2D eigenvalue weighted by Crippen LogP contribution is -2.47. The van der Waals surface area contributed by atoms with Gasteiger partial charge < -0.3 is 29.8 Å². The molecular formula is C41H65N7O9S4. The van der Waals surface area contributed by atoms with E-state index < -0.39 is 45.2 Å². The zero-order valence-corrected chi connectivity index (χ0v) is 40.3. The number of rotatable bonds is 21. The number of hydrogen-bond acceptors (Lipinski definition) is 18. The number of H-pyrrole nitrogens is 1. The Labute approximate surface area is 376 Å². The van der Waals surface area contributed by atoms with Gasteiger partial charge in [-0.3, -0.25) is 24.3 Å². The minimum atomic E-state index is -1.55. The molecule has 5 N–H and O–H groups in total. The van der Waals surface area contributed by atoms with E-state index in [1.165, 1.54) is 53.7 Å². The molecule has 16 nitrogen and oxygen atoms in total. The van der Waals surface area contributed by atoms with Crippen molar-refractivity contribution in [1.82, 2.24) is 20.4 Å². The molecule has 0 aliphatic heterocycles. The van der Waals surface area contributed by atoms with Crippen molar-refractivity contribution in [3.8, 4) is 0 Å². The lowest BCUT2D eigenvalue weighted by Gasteiger charge is -2.42. The smallest absolute Gasteiger partial charge is 0.312 e. The van der Waals surface area contributed by atoms with Crippen LogP contribution >= 0.6 is 46.7 Å². The van der Waals surface area contributed by atoms with Gasteiger partial charge in [-0.2, -0.15) is 0 Å². The summed E-state index contributed by atoms with van der Waals surface area (Å²) >= 11 is 8.71. The molecule has 0 amide bonds. The highest BCUT2D eigenvalue weighted by Gasteiger charge is 2.57. The zero-order valence-electron chi connectivity index (χ0n) is 37.0. The summed E-state index contributed by atoms with van der Waals surface area (Å²) in [7, 11) is 0. The van der Waals surface area contributed by atoms with Crippen LogP contribution in [0, 0.1) is 54.8 Å². The fourth-order valence-corrected chi connectivity index (χ4v) is 12.0. The van der Waals surface area contributed by atoms with E-state index in [9.17, 15) is 24.3 Å². The Morgan fingerprint density at radius 2 is 1.59 bits per heavy atom. The Bertz CT molecular complexity index is 1900. The van der Waals surface area contributed by atoms with Crippen molar-refractivity contribution in [3.63, 3.8) is 0 Å². The number of aromatic amines is 1. The first kappa shape index (κ1) is 50.6. The molecular weight excluding hydrogens is 863 g/mol. The zero-order chi connectivity index (χ0) is 45.4. The molecule has 5 rings (SSSR count). The summed E-state index contributed by atoms with van der Waals surface area (Å²) in [5.41, 5.74) is 6.08. The number of carboxylic acids is 1. The number of nitrogen functional groups attached to an aromatic ring is 1. The highest BCUT2D eigenvalue weighted by atomic mass is 32.2. The normalized spacial score (nSPS) is 23.7. The molecule has 2 aromatic rings. The van der Waals surface area contributed by atoms with Crippen LogP contribution in [-0.2, 0) is 38.1 Å². The monoisotopic (exact) mass is 927 g/mol. The van der Waals surface area contributed by atoms with Crippen LogP contribution in [0.4, 0.5) is 10.3 Å². The predicted molar refractivity (Wildman–Crippen MR) is 236 cm³/mol. The second-order valence-corrected chi connectivity index (χ2v) is 23.2. The van der Waals surface area contributed by atoms with Crippen LogP contribution in [-0.4, -0.2) is 86.7 Å². The van der Waals surface area contributed by atoms with E-state index in [0.717, 1.165) is 35.3 Å². The summed E-state index contributed by atoms with van der Waals surface area (Å²) < 4.78 is 24.9. The van der Waals surface area contributed by atoms with E-state index in [1.807, 2.05) is 6.92 Å². The van der Waals surface area contributed by atoms with Gasteiger partial charge in [0.2, 0.25) is 10.3 Å². The van der Waals surface area contributed by atoms with Gasteiger partial charge in [-0.15, -0.1) is 20.4 Å². The van der Waals surface area contributed by atoms with E-state index >= 15 is 0 Å². The largest absolute Gasteiger partial charge is 0.481 e. The maximum Gasteiger partial charge on any atom is 0.312 e. The van der Waals surface area contributed by atoms with Crippen molar-refractivity contribution in [3.05, 3.63) is 3.95 Å². The average molecular weight is 928 g/mol. The van der Waals surface area contributed by atoms with Crippen LogP contribution in [0.1, 0.15) is 127 Å². The van der Waals surface area contributed by atoms with Crippen molar-refractivity contribution in [1.29, 1.82) is 5.53 Å². The van der Waals surface area contributed by atoms with Gasteiger partial charge in [-0.1, -0.05) is 47.8 Å². The number of anilines is 1. The molecule has 8 unspecified atom stereocenters. The number of fused-ring (bicyclic) bond motifs is 5. The van der Waals surface area contributed by atoms with E-state index in [2.05, 4.69) is 37.7 Å². The first-order valence-electron chi connectivity index (χ1n) is 21.0. The molecule has 0 spiro atoms. The van der Waals surface area contributed by atoms with E-state index in [-0.39, 0.29) is 44.5 Å². The number of aliphatic carboxylic acids is 1. The minimum Gasteiger partial charge on any atom is -0.481 e. The topological polar surface area (TPSA) is 242 Å². The van der Waals surface area contributed by atoms with Crippen LogP contribution in [0.5, 0.6) is 0 Å². The molecule has 3 aliphatic carbocycles.